The molecule has 4 rings (SSSR count). The smallest absolute Gasteiger partial charge is 0.230 e. The molecule has 0 aliphatic rings. The standard InChI is InChI=1S/C18H14FN7OS/c19-14-3-1-2-13(8-14)10-17-22-23-18(28-17)21-16(27)9-12-4-6-15(7-5-12)26-11-20-24-25-26/h1-8,11H,9-10H2,(H,21,23,27). The second-order valence-electron chi connectivity index (χ2n) is 5.95. The van der Waals surface area contributed by atoms with Gasteiger partial charge in [-0.1, -0.05) is 35.6 Å². The molecule has 0 aliphatic carbocycles. The highest BCUT2D eigenvalue weighted by molar-refractivity contribution is 7.15. The van der Waals surface area contributed by atoms with Crippen LogP contribution in [0.4, 0.5) is 9.52 Å². The van der Waals surface area contributed by atoms with Crippen molar-refractivity contribution in [3.8, 4) is 5.69 Å². The van der Waals surface area contributed by atoms with Crippen LogP contribution in [-0.2, 0) is 17.6 Å². The molecule has 2 aromatic heterocycles. The van der Waals surface area contributed by atoms with Crippen LogP contribution in [0, 0.1) is 5.82 Å². The van der Waals surface area contributed by atoms with Crippen molar-refractivity contribution in [2.24, 2.45) is 0 Å². The van der Waals surface area contributed by atoms with Crippen LogP contribution in [0.5, 0.6) is 0 Å². The average Bonchev–Trinajstić information content (AvgIpc) is 3.35. The molecule has 0 aliphatic heterocycles. The van der Waals surface area contributed by atoms with Gasteiger partial charge in [-0.05, 0) is 45.8 Å². The first-order valence-corrected chi connectivity index (χ1v) is 9.16. The number of hydrogen-bond donors (Lipinski definition) is 1. The number of amides is 1. The molecule has 0 bridgehead atoms. The molecular weight excluding hydrogens is 381 g/mol. The van der Waals surface area contributed by atoms with Gasteiger partial charge >= 0.3 is 0 Å². The van der Waals surface area contributed by atoms with Gasteiger partial charge in [-0.3, -0.25) is 4.79 Å². The molecule has 0 radical (unpaired) electrons. The highest BCUT2D eigenvalue weighted by Crippen LogP contribution is 2.19. The molecule has 2 heterocycles. The van der Waals surface area contributed by atoms with Crippen molar-refractivity contribution < 1.29 is 9.18 Å². The molecule has 28 heavy (non-hydrogen) atoms. The molecule has 140 valence electrons. The van der Waals surface area contributed by atoms with Crippen molar-refractivity contribution in [1.29, 1.82) is 0 Å². The second kappa shape index (κ2) is 8.01. The first kappa shape index (κ1) is 17.9. The van der Waals surface area contributed by atoms with Crippen molar-refractivity contribution in [2.45, 2.75) is 12.8 Å². The summed E-state index contributed by atoms with van der Waals surface area (Å²) in [6.45, 7) is 0. The number of carbonyl (C=O) groups is 1. The Morgan fingerprint density at radius 1 is 1.11 bits per heavy atom. The summed E-state index contributed by atoms with van der Waals surface area (Å²) in [4.78, 5) is 12.2. The van der Waals surface area contributed by atoms with Gasteiger partial charge in [-0.15, -0.1) is 15.3 Å². The summed E-state index contributed by atoms with van der Waals surface area (Å²) < 4.78 is 14.8. The quantitative estimate of drug-likeness (QED) is 0.538. The predicted molar refractivity (Wildman–Crippen MR) is 101 cm³/mol. The summed E-state index contributed by atoms with van der Waals surface area (Å²) in [6.07, 6.45) is 2.16. The fourth-order valence-corrected chi connectivity index (χ4v) is 3.38. The van der Waals surface area contributed by atoms with Crippen LogP contribution in [0.2, 0.25) is 0 Å². The maximum Gasteiger partial charge on any atom is 0.230 e. The van der Waals surface area contributed by atoms with Crippen molar-refractivity contribution in [3.05, 3.63) is 76.8 Å². The van der Waals surface area contributed by atoms with Gasteiger partial charge in [0.15, 0.2) is 0 Å². The van der Waals surface area contributed by atoms with Gasteiger partial charge in [0.2, 0.25) is 11.0 Å². The minimum absolute atomic E-state index is 0.191. The fraction of sp³-hybridized carbons (Fsp3) is 0.111. The molecule has 0 saturated carbocycles. The van der Waals surface area contributed by atoms with E-state index in [2.05, 4.69) is 31.0 Å². The lowest BCUT2D eigenvalue weighted by Gasteiger charge is -2.03. The highest BCUT2D eigenvalue weighted by atomic mass is 32.1. The zero-order chi connectivity index (χ0) is 19.3. The van der Waals surface area contributed by atoms with E-state index in [0.29, 0.717) is 16.6 Å². The predicted octanol–water partition coefficient (Wildman–Crippen LogP) is 2.42. The van der Waals surface area contributed by atoms with E-state index in [1.54, 1.807) is 6.07 Å². The van der Waals surface area contributed by atoms with Gasteiger partial charge in [0.1, 0.15) is 17.2 Å². The monoisotopic (exact) mass is 395 g/mol. The first-order chi connectivity index (χ1) is 13.7. The number of halogens is 1. The van der Waals surface area contributed by atoms with E-state index in [0.717, 1.165) is 16.8 Å². The fourth-order valence-electron chi connectivity index (χ4n) is 2.59. The van der Waals surface area contributed by atoms with Gasteiger partial charge < -0.3 is 5.32 Å². The van der Waals surface area contributed by atoms with Crippen molar-refractivity contribution in [1.82, 2.24) is 30.4 Å². The number of aromatic nitrogens is 6. The molecule has 8 nitrogen and oxygen atoms in total. The minimum atomic E-state index is -0.290. The number of carbonyl (C=O) groups excluding carboxylic acids is 1. The zero-order valence-corrected chi connectivity index (χ0v) is 15.3. The second-order valence-corrected chi connectivity index (χ2v) is 7.02. The topological polar surface area (TPSA) is 98.5 Å². The number of tetrazole rings is 1. The third-order valence-electron chi connectivity index (χ3n) is 3.87. The van der Waals surface area contributed by atoms with Gasteiger partial charge in [-0.2, -0.15) is 0 Å². The van der Waals surface area contributed by atoms with E-state index in [1.165, 1.54) is 34.5 Å². The molecule has 10 heteroatoms. The molecule has 1 N–H and O–H groups in total. The first-order valence-electron chi connectivity index (χ1n) is 8.35. The Kier molecular flexibility index (Phi) is 5.11. The summed E-state index contributed by atoms with van der Waals surface area (Å²) in [5, 5.41) is 22.9. The Hall–Kier alpha value is -3.53. The number of anilines is 1. The molecule has 0 fully saturated rings. The molecule has 4 aromatic rings. The number of rotatable bonds is 6. The SMILES string of the molecule is O=C(Cc1ccc(-n2cnnn2)cc1)Nc1nnc(Cc2cccc(F)c2)s1. The lowest BCUT2D eigenvalue weighted by Crippen LogP contribution is -2.14. The number of benzene rings is 2. The van der Waals surface area contributed by atoms with Crippen molar-refractivity contribution in [2.75, 3.05) is 5.32 Å². The average molecular weight is 395 g/mol. The van der Waals surface area contributed by atoms with Crippen LogP contribution >= 0.6 is 11.3 Å². The van der Waals surface area contributed by atoms with Gasteiger partial charge in [-0.25, -0.2) is 9.07 Å². The van der Waals surface area contributed by atoms with Crippen LogP contribution in [-0.4, -0.2) is 36.3 Å². The van der Waals surface area contributed by atoms with Crippen molar-refractivity contribution in [3.63, 3.8) is 0 Å². The minimum Gasteiger partial charge on any atom is -0.300 e. The molecule has 0 unspecified atom stereocenters. The summed E-state index contributed by atoms with van der Waals surface area (Å²) >= 11 is 1.27. The van der Waals surface area contributed by atoms with Crippen LogP contribution < -0.4 is 5.32 Å². The van der Waals surface area contributed by atoms with Gasteiger partial charge in [0.25, 0.3) is 0 Å². The summed E-state index contributed by atoms with van der Waals surface area (Å²) in [6, 6.07) is 13.7. The third-order valence-corrected chi connectivity index (χ3v) is 4.71. The van der Waals surface area contributed by atoms with E-state index in [9.17, 15) is 9.18 Å². The summed E-state index contributed by atoms with van der Waals surface area (Å²) in [7, 11) is 0. The van der Waals surface area contributed by atoms with E-state index in [4.69, 9.17) is 0 Å². The molecule has 0 spiro atoms. The summed E-state index contributed by atoms with van der Waals surface area (Å²) in [5.41, 5.74) is 2.45. The van der Waals surface area contributed by atoms with Crippen LogP contribution in [0.15, 0.2) is 54.9 Å². The Morgan fingerprint density at radius 3 is 2.71 bits per heavy atom. The summed E-state index contributed by atoms with van der Waals surface area (Å²) in [5.74, 6) is -0.481. The van der Waals surface area contributed by atoms with E-state index >= 15 is 0 Å². The molecular formula is C18H14FN7OS. The van der Waals surface area contributed by atoms with Crippen LogP contribution in [0.1, 0.15) is 16.1 Å². The molecule has 0 saturated heterocycles. The highest BCUT2D eigenvalue weighted by Gasteiger charge is 2.10. The largest absolute Gasteiger partial charge is 0.300 e. The van der Waals surface area contributed by atoms with Crippen molar-refractivity contribution >= 4 is 22.4 Å². The lowest BCUT2D eigenvalue weighted by molar-refractivity contribution is -0.115. The maximum absolute atomic E-state index is 13.3. The van der Waals surface area contributed by atoms with E-state index in [1.807, 2.05) is 30.3 Å². The number of nitrogens with zero attached hydrogens (tertiary/aromatic N) is 6. The third kappa shape index (κ3) is 4.41. The Morgan fingerprint density at radius 2 is 1.96 bits per heavy atom. The Balaban J connectivity index is 1.34. The van der Waals surface area contributed by atoms with E-state index < -0.39 is 0 Å². The Bertz CT molecular complexity index is 1080. The van der Waals surface area contributed by atoms with Gasteiger partial charge in [0.05, 0.1) is 12.1 Å². The van der Waals surface area contributed by atoms with Gasteiger partial charge in [0, 0.05) is 6.42 Å². The normalized spacial score (nSPS) is 10.8. The van der Waals surface area contributed by atoms with Crippen LogP contribution in [0.25, 0.3) is 5.69 Å². The molecule has 2 aromatic carbocycles. The van der Waals surface area contributed by atoms with Crippen LogP contribution in [0.3, 0.4) is 0 Å². The Labute approximate surface area is 163 Å². The van der Waals surface area contributed by atoms with E-state index in [-0.39, 0.29) is 18.1 Å². The lowest BCUT2D eigenvalue weighted by atomic mass is 10.1. The zero-order valence-electron chi connectivity index (χ0n) is 14.5. The number of nitrogens with one attached hydrogen (secondary N) is 1. The molecule has 1 amide bonds. The number of hydrogen-bond acceptors (Lipinski definition) is 7. The molecule has 0 atom stereocenters. The maximum atomic E-state index is 13.3.